The molecule has 4 rings (SSSR count). The van der Waals surface area contributed by atoms with Crippen LogP contribution in [0.1, 0.15) is 11.1 Å². The molecule has 29 heavy (non-hydrogen) atoms. The van der Waals surface area contributed by atoms with Crippen molar-refractivity contribution in [2.45, 2.75) is 11.9 Å². The molecule has 0 aliphatic carbocycles. The van der Waals surface area contributed by atoms with E-state index in [-0.39, 0.29) is 0 Å². The van der Waals surface area contributed by atoms with E-state index in [1.807, 2.05) is 12.1 Å². The fourth-order valence-electron chi connectivity index (χ4n) is 2.89. The Bertz CT molecular complexity index is 643. The van der Waals surface area contributed by atoms with Gasteiger partial charge in [0.05, 0.1) is 0 Å². The highest BCUT2D eigenvalue weighted by molar-refractivity contribution is 9.10. The van der Waals surface area contributed by atoms with Gasteiger partial charge < -0.3 is 16.0 Å². The number of rotatable bonds is 3. The number of nitrogens with one attached hydrogen (secondary N) is 3. The van der Waals surface area contributed by atoms with Gasteiger partial charge in [-0.15, -0.1) is 0 Å². The highest BCUT2D eigenvalue weighted by atomic mass is 79.9. The van der Waals surface area contributed by atoms with E-state index < -0.39 is 0 Å². The average Bonchev–Trinajstić information content (AvgIpc) is 2.79. The van der Waals surface area contributed by atoms with Gasteiger partial charge in [0.1, 0.15) is 0 Å². The Hall–Kier alpha value is -0.280. The average molecular weight is 591 g/mol. The lowest BCUT2D eigenvalue weighted by molar-refractivity contribution is 0.233. The van der Waals surface area contributed by atoms with Crippen molar-refractivity contribution in [1.82, 2.24) is 20.9 Å². The van der Waals surface area contributed by atoms with Gasteiger partial charge in [0.2, 0.25) is 0 Å². The van der Waals surface area contributed by atoms with Gasteiger partial charge in [-0.1, -0.05) is 72.1 Å². The molecule has 2 aliphatic heterocycles. The molecule has 2 aliphatic rings. The second-order valence-corrected chi connectivity index (χ2v) is 9.30. The fraction of sp³-hybridized carbons (Fsp3) is 0.455. The summed E-state index contributed by atoms with van der Waals surface area (Å²) < 4.78 is 2.29. The van der Waals surface area contributed by atoms with Crippen LogP contribution in [0.4, 0.5) is 0 Å². The van der Waals surface area contributed by atoms with E-state index in [1.165, 1.54) is 11.1 Å². The third kappa shape index (κ3) is 11.6. The van der Waals surface area contributed by atoms with E-state index in [0.717, 1.165) is 73.2 Å². The molecule has 0 spiro atoms. The topological polar surface area (TPSA) is 39.3 Å². The first-order chi connectivity index (χ1) is 14.2. The molecule has 0 saturated carbocycles. The van der Waals surface area contributed by atoms with Crippen molar-refractivity contribution >= 4 is 47.8 Å². The van der Waals surface area contributed by atoms with Gasteiger partial charge in [-0.05, 0) is 35.4 Å². The maximum absolute atomic E-state index is 3.45. The van der Waals surface area contributed by atoms with E-state index in [1.54, 1.807) is 0 Å². The summed E-state index contributed by atoms with van der Waals surface area (Å²) in [6, 6.07) is 16.8. The van der Waals surface area contributed by atoms with Crippen LogP contribution in [0.5, 0.6) is 0 Å². The largest absolute Gasteiger partial charge is 0.314 e. The summed E-state index contributed by atoms with van der Waals surface area (Å²) in [4.78, 5) is 2.49. The zero-order valence-corrected chi connectivity index (χ0v) is 21.5. The first kappa shape index (κ1) is 25.0. The lowest BCUT2D eigenvalue weighted by Crippen LogP contribution is -2.42. The van der Waals surface area contributed by atoms with Gasteiger partial charge in [0.15, 0.2) is 0 Å². The van der Waals surface area contributed by atoms with E-state index in [4.69, 9.17) is 0 Å². The first-order valence-electron chi connectivity index (χ1n) is 10.1. The van der Waals surface area contributed by atoms with Gasteiger partial charge in [0.25, 0.3) is 0 Å². The van der Waals surface area contributed by atoms with Crippen LogP contribution < -0.4 is 16.0 Å². The monoisotopic (exact) mass is 588 g/mol. The number of piperazine rings is 2. The van der Waals surface area contributed by atoms with Crippen molar-refractivity contribution in [3.05, 3.63) is 68.6 Å². The summed E-state index contributed by atoms with van der Waals surface area (Å²) in [6.07, 6.45) is 0. The standard InChI is InChI=1S/C11H15BrN2.C7H6Br2.C4H10N2/c12-11-3-1-10(2-4-11)9-14-7-5-13-6-8-14;8-5-6-1-3-7(9)4-2-6;1-2-6-4-3-5-1/h1-4,13H,5-9H2;1-4H,5H2;5-6H,1-4H2. The van der Waals surface area contributed by atoms with Gasteiger partial charge in [-0.3, -0.25) is 4.90 Å². The minimum absolute atomic E-state index is 0.931. The second-order valence-electron chi connectivity index (χ2n) is 6.91. The normalized spacial score (nSPS) is 16.8. The van der Waals surface area contributed by atoms with Crippen molar-refractivity contribution in [2.24, 2.45) is 0 Å². The Morgan fingerprint density at radius 2 is 1.03 bits per heavy atom. The quantitative estimate of drug-likeness (QED) is 0.464. The molecular weight excluding hydrogens is 560 g/mol. The molecule has 0 aromatic heterocycles. The summed E-state index contributed by atoms with van der Waals surface area (Å²) in [5, 5.41) is 10.7. The molecule has 160 valence electrons. The third-order valence-corrected chi connectivity index (χ3v) is 6.26. The van der Waals surface area contributed by atoms with E-state index >= 15 is 0 Å². The highest BCUT2D eigenvalue weighted by Gasteiger charge is 2.09. The van der Waals surface area contributed by atoms with Crippen LogP contribution in [0.15, 0.2) is 57.5 Å². The Balaban J connectivity index is 0.000000171. The van der Waals surface area contributed by atoms with Gasteiger partial charge in [-0.2, -0.15) is 0 Å². The maximum atomic E-state index is 3.45. The van der Waals surface area contributed by atoms with Crippen molar-refractivity contribution in [2.75, 3.05) is 52.4 Å². The lowest BCUT2D eigenvalue weighted by Gasteiger charge is -2.27. The number of benzene rings is 2. The summed E-state index contributed by atoms with van der Waals surface area (Å²) in [5.41, 5.74) is 2.70. The van der Waals surface area contributed by atoms with E-state index in [2.05, 4.69) is 105 Å². The van der Waals surface area contributed by atoms with Crippen LogP contribution >= 0.6 is 47.8 Å². The van der Waals surface area contributed by atoms with Crippen LogP contribution in [-0.2, 0) is 11.9 Å². The van der Waals surface area contributed by atoms with Crippen molar-refractivity contribution in [3.8, 4) is 0 Å². The van der Waals surface area contributed by atoms with Crippen LogP contribution in [0.3, 0.4) is 0 Å². The molecule has 2 aromatic rings. The van der Waals surface area contributed by atoms with Crippen LogP contribution in [0.2, 0.25) is 0 Å². The van der Waals surface area contributed by atoms with E-state index in [0.29, 0.717) is 0 Å². The number of nitrogens with zero attached hydrogens (tertiary/aromatic N) is 1. The minimum atomic E-state index is 0.931. The number of alkyl halides is 1. The summed E-state index contributed by atoms with van der Waals surface area (Å²) in [5.74, 6) is 0. The van der Waals surface area contributed by atoms with Gasteiger partial charge in [0, 0.05) is 73.2 Å². The van der Waals surface area contributed by atoms with Gasteiger partial charge >= 0.3 is 0 Å². The molecule has 2 fully saturated rings. The molecule has 0 amide bonds. The molecule has 2 saturated heterocycles. The molecule has 0 unspecified atom stereocenters. The SMILES string of the molecule is BrCc1ccc(Br)cc1.Brc1ccc(CN2CCNCC2)cc1.C1CNCCN1. The van der Waals surface area contributed by atoms with E-state index in [9.17, 15) is 0 Å². The summed E-state index contributed by atoms with van der Waals surface area (Å²) in [6.45, 7) is 10.2. The molecule has 0 atom stereocenters. The number of hydrogen-bond donors (Lipinski definition) is 3. The number of halogens is 3. The predicted molar refractivity (Wildman–Crippen MR) is 135 cm³/mol. The third-order valence-electron chi connectivity index (χ3n) is 4.55. The fourth-order valence-corrected chi connectivity index (χ4v) is 3.80. The van der Waals surface area contributed by atoms with Crippen molar-refractivity contribution < 1.29 is 0 Å². The molecule has 0 bridgehead atoms. The minimum Gasteiger partial charge on any atom is -0.314 e. The Labute approximate surface area is 200 Å². The highest BCUT2D eigenvalue weighted by Crippen LogP contribution is 2.13. The Morgan fingerprint density at radius 1 is 0.621 bits per heavy atom. The molecule has 7 heteroatoms. The zero-order valence-electron chi connectivity index (χ0n) is 16.8. The van der Waals surface area contributed by atoms with Crippen LogP contribution in [0.25, 0.3) is 0 Å². The van der Waals surface area contributed by atoms with Crippen LogP contribution in [0, 0.1) is 0 Å². The Morgan fingerprint density at radius 3 is 1.45 bits per heavy atom. The van der Waals surface area contributed by atoms with Crippen molar-refractivity contribution in [3.63, 3.8) is 0 Å². The number of hydrogen-bond acceptors (Lipinski definition) is 4. The molecule has 0 radical (unpaired) electrons. The predicted octanol–water partition coefficient (Wildman–Crippen LogP) is 4.38. The smallest absolute Gasteiger partial charge is 0.0283 e. The van der Waals surface area contributed by atoms with Crippen molar-refractivity contribution in [1.29, 1.82) is 0 Å². The molecule has 4 nitrogen and oxygen atoms in total. The molecule has 2 aromatic carbocycles. The molecule has 2 heterocycles. The van der Waals surface area contributed by atoms with Crippen LogP contribution in [-0.4, -0.2) is 57.3 Å². The summed E-state index contributed by atoms with van der Waals surface area (Å²) in [7, 11) is 0. The molecule has 3 N–H and O–H groups in total. The van der Waals surface area contributed by atoms with Gasteiger partial charge in [-0.25, -0.2) is 0 Å². The molecular formula is C22H31Br3N4. The first-order valence-corrected chi connectivity index (χ1v) is 12.8. The maximum Gasteiger partial charge on any atom is 0.0283 e. The zero-order chi connectivity index (χ0) is 20.7. The Kier molecular flexibility index (Phi) is 13.4. The second kappa shape index (κ2) is 15.5. The summed E-state index contributed by atoms with van der Waals surface area (Å²) >= 11 is 10.2. The lowest BCUT2D eigenvalue weighted by atomic mass is 10.2.